The fourth-order valence-electron chi connectivity index (χ4n) is 1.16. The van der Waals surface area contributed by atoms with Crippen molar-refractivity contribution in [1.82, 2.24) is 5.32 Å². The highest BCUT2D eigenvalue weighted by molar-refractivity contribution is 5.97. The average molecular weight is 203 g/mol. The van der Waals surface area contributed by atoms with Gasteiger partial charge in [-0.05, 0) is 19.1 Å². The van der Waals surface area contributed by atoms with Crippen molar-refractivity contribution in [3.05, 3.63) is 29.8 Å². The van der Waals surface area contributed by atoms with Gasteiger partial charge in [-0.15, -0.1) is 6.42 Å². The zero-order valence-corrected chi connectivity index (χ0v) is 8.62. The van der Waals surface area contributed by atoms with Crippen LogP contribution in [-0.2, 0) is 0 Å². The summed E-state index contributed by atoms with van der Waals surface area (Å²) >= 11 is 0. The third-order valence-electron chi connectivity index (χ3n) is 1.78. The van der Waals surface area contributed by atoms with Gasteiger partial charge in [-0.1, -0.05) is 18.1 Å². The summed E-state index contributed by atoms with van der Waals surface area (Å²) in [6.07, 6.45) is 5.06. The first-order chi connectivity index (χ1) is 7.29. The first-order valence-electron chi connectivity index (χ1n) is 4.73. The van der Waals surface area contributed by atoms with Crippen LogP contribution < -0.4 is 10.1 Å². The monoisotopic (exact) mass is 203 g/mol. The summed E-state index contributed by atoms with van der Waals surface area (Å²) in [7, 11) is 0. The molecule has 0 aromatic heterocycles. The van der Waals surface area contributed by atoms with Crippen molar-refractivity contribution in [2.45, 2.75) is 6.92 Å². The van der Waals surface area contributed by atoms with Crippen molar-refractivity contribution in [1.29, 1.82) is 0 Å². The molecule has 0 fully saturated rings. The van der Waals surface area contributed by atoms with Crippen LogP contribution in [0.4, 0.5) is 0 Å². The van der Waals surface area contributed by atoms with Crippen molar-refractivity contribution >= 4 is 5.91 Å². The number of hydrogen-bond donors (Lipinski definition) is 1. The molecule has 0 atom stereocenters. The molecular formula is C12H13NO2. The zero-order valence-electron chi connectivity index (χ0n) is 8.62. The average Bonchev–Trinajstić information content (AvgIpc) is 2.27. The zero-order chi connectivity index (χ0) is 11.1. The van der Waals surface area contributed by atoms with Crippen LogP contribution in [0.25, 0.3) is 0 Å². The lowest BCUT2D eigenvalue weighted by molar-refractivity contribution is 0.0955. The number of terminal acetylenes is 1. The number of benzene rings is 1. The second kappa shape index (κ2) is 5.71. The molecule has 1 amide bonds. The number of ether oxygens (including phenoxy) is 1. The summed E-state index contributed by atoms with van der Waals surface area (Å²) in [5.74, 6) is 2.71. The molecule has 1 aromatic rings. The molecule has 15 heavy (non-hydrogen) atoms. The molecule has 0 saturated carbocycles. The van der Waals surface area contributed by atoms with Gasteiger partial charge in [-0.3, -0.25) is 4.79 Å². The van der Waals surface area contributed by atoms with E-state index in [4.69, 9.17) is 11.2 Å². The smallest absolute Gasteiger partial charge is 0.255 e. The fourth-order valence-corrected chi connectivity index (χ4v) is 1.16. The van der Waals surface area contributed by atoms with Gasteiger partial charge in [-0.25, -0.2) is 0 Å². The highest BCUT2D eigenvalue weighted by Gasteiger charge is 2.10. The van der Waals surface area contributed by atoms with Crippen LogP contribution in [-0.4, -0.2) is 19.1 Å². The number of amides is 1. The van der Waals surface area contributed by atoms with Gasteiger partial charge < -0.3 is 10.1 Å². The third-order valence-corrected chi connectivity index (χ3v) is 1.78. The van der Waals surface area contributed by atoms with E-state index in [1.165, 1.54) is 0 Å². The number of hydrogen-bond acceptors (Lipinski definition) is 2. The predicted molar refractivity (Wildman–Crippen MR) is 58.8 cm³/mol. The van der Waals surface area contributed by atoms with Crippen LogP contribution in [0.3, 0.4) is 0 Å². The maximum absolute atomic E-state index is 11.6. The first kappa shape index (κ1) is 11.1. The Morgan fingerprint density at radius 2 is 2.27 bits per heavy atom. The van der Waals surface area contributed by atoms with Gasteiger partial charge >= 0.3 is 0 Å². The van der Waals surface area contributed by atoms with E-state index < -0.39 is 0 Å². The van der Waals surface area contributed by atoms with Crippen molar-refractivity contribution in [3.63, 3.8) is 0 Å². The van der Waals surface area contributed by atoms with Gasteiger partial charge in [0.2, 0.25) is 0 Å². The van der Waals surface area contributed by atoms with Crippen molar-refractivity contribution < 1.29 is 9.53 Å². The number of carbonyl (C=O) groups excluding carboxylic acids is 1. The summed E-state index contributed by atoms with van der Waals surface area (Å²) in [6, 6.07) is 7.07. The van der Waals surface area contributed by atoms with E-state index >= 15 is 0 Å². The number of carbonyl (C=O) groups is 1. The second-order valence-electron chi connectivity index (χ2n) is 2.82. The van der Waals surface area contributed by atoms with Crippen molar-refractivity contribution in [3.8, 4) is 18.1 Å². The Morgan fingerprint density at radius 3 is 2.93 bits per heavy atom. The first-order valence-corrected chi connectivity index (χ1v) is 4.73. The minimum Gasteiger partial charge on any atom is -0.493 e. The molecule has 78 valence electrons. The Bertz CT molecular complexity index is 379. The molecule has 0 aliphatic carbocycles. The molecule has 3 heteroatoms. The number of para-hydroxylation sites is 1. The highest BCUT2D eigenvalue weighted by Crippen LogP contribution is 2.17. The summed E-state index contributed by atoms with van der Waals surface area (Å²) in [5.41, 5.74) is 0.509. The molecule has 0 aliphatic heterocycles. The third kappa shape index (κ3) is 3.03. The van der Waals surface area contributed by atoms with E-state index in [2.05, 4.69) is 11.2 Å². The Kier molecular flexibility index (Phi) is 4.24. The minimum absolute atomic E-state index is 0.211. The molecule has 0 spiro atoms. The predicted octanol–water partition coefficient (Wildman–Crippen LogP) is 1.45. The highest BCUT2D eigenvalue weighted by atomic mass is 16.5. The van der Waals surface area contributed by atoms with Crippen molar-refractivity contribution in [2.24, 2.45) is 0 Å². The summed E-state index contributed by atoms with van der Waals surface area (Å²) < 4.78 is 5.33. The molecule has 0 saturated heterocycles. The van der Waals surface area contributed by atoms with Gasteiger partial charge in [0, 0.05) is 0 Å². The topological polar surface area (TPSA) is 38.3 Å². The lowest BCUT2D eigenvalue weighted by Crippen LogP contribution is -2.24. The van der Waals surface area contributed by atoms with E-state index in [0.29, 0.717) is 17.9 Å². The minimum atomic E-state index is -0.211. The molecule has 0 aliphatic rings. The molecule has 1 aromatic carbocycles. The SMILES string of the molecule is C#CCNC(=O)c1ccccc1OCC. The molecule has 0 unspecified atom stereocenters. The van der Waals surface area contributed by atoms with Crippen LogP contribution >= 0.6 is 0 Å². The van der Waals surface area contributed by atoms with Crippen LogP contribution in [0.15, 0.2) is 24.3 Å². The maximum atomic E-state index is 11.6. The largest absolute Gasteiger partial charge is 0.493 e. The van der Waals surface area contributed by atoms with Crippen LogP contribution in [0.5, 0.6) is 5.75 Å². The summed E-state index contributed by atoms with van der Waals surface area (Å²) in [5, 5.41) is 2.59. The van der Waals surface area contributed by atoms with Gasteiger partial charge in [0.15, 0.2) is 0 Å². The second-order valence-corrected chi connectivity index (χ2v) is 2.82. The number of rotatable bonds is 4. The van der Waals surface area contributed by atoms with E-state index in [1.54, 1.807) is 18.2 Å². The molecular weight excluding hydrogens is 190 g/mol. The van der Waals surface area contributed by atoms with Crippen molar-refractivity contribution in [2.75, 3.05) is 13.2 Å². The quantitative estimate of drug-likeness (QED) is 0.752. The Labute approximate surface area is 89.4 Å². The molecule has 0 bridgehead atoms. The van der Waals surface area contributed by atoms with Gasteiger partial charge in [0.1, 0.15) is 5.75 Å². The van der Waals surface area contributed by atoms with E-state index in [1.807, 2.05) is 13.0 Å². The lowest BCUT2D eigenvalue weighted by atomic mass is 10.2. The van der Waals surface area contributed by atoms with E-state index in [-0.39, 0.29) is 12.5 Å². The lowest BCUT2D eigenvalue weighted by Gasteiger charge is -2.08. The maximum Gasteiger partial charge on any atom is 0.255 e. The van der Waals surface area contributed by atoms with Crippen LogP contribution in [0.1, 0.15) is 17.3 Å². The standard InChI is InChI=1S/C12H13NO2/c1-3-9-13-12(14)10-7-5-6-8-11(10)15-4-2/h1,5-8H,4,9H2,2H3,(H,13,14). The Balaban J connectivity index is 2.83. The normalized spacial score (nSPS) is 9.07. The fraction of sp³-hybridized carbons (Fsp3) is 0.250. The van der Waals surface area contributed by atoms with Gasteiger partial charge in [-0.2, -0.15) is 0 Å². The Hall–Kier alpha value is -1.95. The summed E-state index contributed by atoms with van der Waals surface area (Å²) in [6.45, 7) is 2.62. The molecule has 1 N–H and O–H groups in total. The van der Waals surface area contributed by atoms with E-state index in [9.17, 15) is 4.79 Å². The molecule has 0 radical (unpaired) electrons. The molecule has 0 heterocycles. The Morgan fingerprint density at radius 1 is 1.53 bits per heavy atom. The van der Waals surface area contributed by atoms with Gasteiger partial charge in [0.25, 0.3) is 5.91 Å². The summed E-state index contributed by atoms with van der Waals surface area (Å²) in [4.78, 5) is 11.6. The molecule has 3 nitrogen and oxygen atoms in total. The number of nitrogens with one attached hydrogen (secondary N) is 1. The van der Waals surface area contributed by atoms with E-state index in [0.717, 1.165) is 0 Å². The molecule has 1 rings (SSSR count). The van der Waals surface area contributed by atoms with Gasteiger partial charge in [0.05, 0.1) is 18.7 Å². The van der Waals surface area contributed by atoms with Crippen LogP contribution in [0.2, 0.25) is 0 Å². The van der Waals surface area contributed by atoms with Crippen LogP contribution in [0, 0.1) is 12.3 Å².